The van der Waals surface area contributed by atoms with Crippen LogP contribution in [-0.2, 0) is 6.42 Å². The smallest absolute Gasteiger partial charge is 0.161 e. The van der Waals surface area contributed by atoms with Crippen molar-refractivity contribution in [2.75, 3.05) is 41.0 Å². The molecule has 130 valence electrons. The topological polar surface area (TPSA) is 49.0 Å². The highest BCUT2D eigenvalue weighted by atomic mass is 16.5. The van der Waals surface area contributed by atoms with Crippen molar-refractivity contribution in [3.63, 3.8) is 0 Å². The number of benzene rings is 2. The van der Waals surface area contributed by atoms with Crippen molar-refractivity contribution >= 4 is 0 Å². The Morgan fingerprint density at radius 2 is 1.42 bits per heavy atom. The molecule has 0 atom stereocenters. The quantitative estimate of drug-likeness (QED) is 0.678. The molecule has 0 aliphatic carbocycles. The number of hydrogen-bond donors (Lipinski definition) is 1. The molecule has 5 heteroatoms. The van der Waals surface area contributed by atoms with Gasteiger partial charge < -0.3 is 24.3 Å². The molecule has 0 amide bonds. The van der Waals surface area contributed by atoms with Crippen LogP contribution in [0.25, 0.3) is 0 Å². The van der Waals surface area contributed by atoms with Crippen LogP contribution >= 0.6 is 0 Å². The molecule has 0 unspecified atom stereocenters. The second-order valence-electron chi connectivity index (χ2n) is 5.19. The molecule has 2 aromatic rings. The van der Waals surface area contributed by atoms with Crippen LogP contribution in [-0.4, -0.2) is 41.0 Å². The Morgan fingerprint density at radius 1 is 0.750 bits per heavy atom. The van der Waals surface area contributed by atoms with E-state index in [-0.39, 0.29) is 0 Å². The highest BCUT2D eigenvalue weighted by Gasteiger charge is 2.04. The number of para-hydroxylation sites is 2. The molecule has 1 N–H and O–H groups in total. The van der Waals surface area contributed by atoms with Crippen LogP contribution in [0, 0.1) is 0 Å². The molecule has 0 bridgehead atoms. The minimum atomic E-state index is 0.590. The van der Waals surface area contributed by atoms with Crippen LogP contribution in [0.5, 0.6) is 23.0 Å². The van der Waals surface area contributed by atoms with Gasteiger partial charge in [0.25, 0.3) is 0 Å². The first-order chi connectivity index (χ1) is 11.8. The van der Waals surface area contributed by atoms with E-state index < -0.39 is 0 Å². The molecule has 0 fully saturated rings. The molecule has 0 aliphatic rings. The molecule has 5 nitrogen and oxygen atoms in total. The molecule has 0 spiro atoms. The van der Waals surface area contributed by atoms with Gasteiger partial charge in [0.2, 0.25) is 0 Å². The third-order valence-corrected chi connectivity index (χ3v) is 3.64. The lowest BCUT2D eigenvalue weighted by atomic mass is 10.1. The molecular formula is C19H25NO4. The highest BCUT2D eigenvalue weighted by Crippen LogP contribution is 2.27. The SMILES string of the molecule is COc1ccc(CCNCCOc2ccccc2OC)cc1OC. The Morgan fingerprint density at radius 3 is 2.12 bits per heavy atom. The normalized spacial score (nSPS) is 10.3. The molecule has 24 heavy (non-hydrogen) atoms. The summed E-state index contributed by atoms with van der Waals surface area (Å²) in [6.07, 6.45) is 0.912. The number of ether oxygens (including phenoxy) is 4. The molecule has 0 aliphatic heterocycles. The van der Waals surface area contributed by atoms with E-state index in [4.69, 9.17) is 18.9 Å². The summed E-state index contributed by atoms with van der Waals surface area (Å²) in [5.74, 6) is 3.03. The number of hydrogen-bond acceptors (Lipinski definition) is 5. The fraction of sp³-hybridized carbons (Fsp3) is 0.368. The van der Waals surface area contributed by atoms with Gasteiger partial charge in [-0.05, 0) is 42.8 Å². The molecule has 0 saturated carbocycles. The van der Waals surface area contributed by atoms with Crippen LogP contribution < -0.4 is 24.3 Å². The van der Waals surface area contributed by atoms with E-state index in [0.29, 0.717) is 6.61 Å². The summed E-state index contributed by atoms with van der Waals surface area (Å²) >= 11 is 0. The predicted molar refractivity (Wildman–Crippen MR) is 94.6 cm³/mol. The summed E-state index contributed by atoms with van der Waals surface area (Å²) in [6.45, 7) is 2.22. The van der Waals surface area contributed by atoms with Crippen LogP contribution in [0.4, 0.5) is 0 Å². The van der Waals surface area contributed by atoms with Crippen molar-refractivity contribution in [3.8, 4) is 23.0 Å². The van der Waals surface area contributed by atoms with Crippen LogP contribution in [0.15, 0.2) is 42.5 Å². The Kier molecular flexibility index (Phi) is 7.23. The fourth-order valence-electron chi connectivity index (χ4n) is 2.37. The largest absolute Gasteiger partial charge is 0.493 e. The molecule has 0 aromatic heterocycles. The van der Waals surface area contributed by atoms with E-state index in [1.165, 1.54) is 5.56 Å². The first kappa shape index (κ1) is 17.9. The van der Waals surface area contributed by atoms with Crippen LogP contribution in [0.3, 0.4) is 0 Å². The maximum atomic E-state index is 5.72. The van der Waals surface area contributed by atoms with Crippen molar-refractivity contribution in [2.45, 2.75) is 6.42 Å². The van der Waals surface area contributed by atoms with Gasteiger partial charge in [-0.25, -0.2) is 0 Å². The maximum absolute atomic E-state index is 5.72. The molecule has 2 aromatic carbocycles. The summed E-state index contributed by atoms with van der Waals surface area (Å²) in [5.41, 5.74) is 1.20. The second kappa shape index (κ2) is 9.67. The summed E-state index contributed by atoms with van der Waals surface area (Å²) in [4.78, 5) is 0. The lowest BCUT2D eigenvalue weighted by Crippen LogP contribution is -2.23. The van der Waals surface area contributed by atoms with Crippen LogP contribution in [0.2, 0.25) is 0 Å². The molecule has 0 radical (unpaired) electrons. The number of rotatable bonds is 10. The maximum Gasteiger partial charge on any atom is 0.161 e. The molecule has 0 heterocycles. The van der Waals surface area contributed by atoms with Gasteiger partial charge >= 0.3 is 0 Å². The Balaban J connectivity index is 1.70. The highest BCUT2D eigenvalue weighted by molar-refractivity contribution is 5.43. The molecule has 0 saturated heterocycles. The number of nitrogens with one attached hydrogen (secondary N) is 1. The third-order valence-electron chi connectivity index (χ3n) is 3.64. The van der Waals surface area contributed by atoms with E-state index in [9.17, 15) is 0 Å². The zero-order chi connectivity index (χ0) is 17.2. The summed E-state index contributed by atoms with van der Waals surface area (Å²) in [6, 6.07) is 13.6. The first-order valence-corrected chi connectivity index (χ1v) is 7.96. The standard InChI is InChI=1S/C19H25NO4/c1-21-16-6-4-5-7-18(16)24-13-12-20-11-10-15-8-9-17(22-2)19(14-15)23-3/h4-9,14,20H,10-13H2,1-3H3. The van der Waals surface area contributed by atoms with Gasteiger partial charge in [-0.1, -0.05) is 18.2 Å². The van der Waals surface area contributed by atoms with Crippen molar-refractivity contribution in [1.82, 2.24) is 5.32 Å². The third kappa shape index (κ3) is 5.06. The van der Waals surface area contributed by atoms with Crippen molar-refractivity contribution < 1.29 is 18.9 Å². The summed E-state index contributed by atoms with van der Waals surface area (Å²) in [5, 5.41) is 3.37. The van der Waals surface area contributed by atoms with Gasteiger partial charge in [-0.3, -0.25) is 0 Å². The predicted octanol–water partition coefficient (Wildman–Crippen LogP) is 2.92. The Hall–Kier alpha value is -2.40. The van der Waals surface area contributed by atoms with Crippen molar-refractivity contribution in [2.24, 2.45) is 0 Å². The van der Waals surface area contributed by atoms with Crippen molar-refractivity contribution in [3.05, 3.63) is 48.0 Å². The van der Waals surface area contributed by atoms with Crippen molar-refractivity contribution in [1.29, 1.82) is 0 Å². The van der Waals surface area contributed by atoms with Gasteiger partial charge in [0.05, 0.1) is 21.3 Å². The van der Waals surface area contributed by atoms with E-state index in [1.807, 2.05) is 42.5 Å². The average molecular weight is 331 g/mol. The molecular weight excluding hydrogens is 306 g/mol. The fourth-order valence-corrected chi connectivity index (χ4v) is 2.37. The number of methoxy groups -OCH3 is 3. The Bertz CT molecular complexity index is 631. The van der Waals surface area contributed by atoms with Gasteiger partial charge in [-0.15, -0.1) is 0 Å². The van der Waals surface area contributed by atoms with Gasteiger partial charge in [0.1, 0.15) is 6.61 Å². The van der Waals surface area contributed by atoms with E-state index in [1.54, 1.807) is 21.3 Å². The van der Waals surface area contributed by atoms with Crippen LogP contribution in [0.1, 0.15) is 5.56 Å². The van der Waals surface area contributed by atoms with Gasteiger partial charge in [0, 0.05) is 6.54 Å². The summed E-state index contributed by atoms with van der Waals surface area (Å²) in [7, 11) is 4.93. The van der Waals surface area contributed by atoms with Gasteiger partial charge in [0.15, 0.2) is 23.0 Å². The van der Waals surface area contributed by atoms with E-state index in [2.05, 4.69) is 5.32 Å². The lowest BCUT2D eigenvalue weighted by molar-refractivity contribution is 0.292. The minimum Gasteiger partial charge on any atom is -0.493 e. The van der Waals surface area contributed by atoms with E-state index >= 15 is 0 Å². The lowest BCUT2D eigenvalue weighted by Gasteiger charge is -2.11. The Labute approximate surface area is 143 Å². The van der Waals surface area contributed by atoms with E-state index in [0.717, 1.165) is 42.5 Å². The summed E-state index contributed by atoms with van der Waals surface area (Å²) < 4.78 is 21.5. The average Bonchev–Trinajstić information content (AvgIpc) is 2.64. The zero-order valence-corrected chi connectivity index (χ0v) is 14.5. The minimum absolute atomic E-state index is 0.590. The second-order valence-corrected chi connectivity index (χ2v) is 5.19. The monoisotopic (exact) mass is 331 g/mol. The first-order valence-electron chi connectivity index (χ1n) is 7.96. The molecule has 2 rings (SSSR count). The van der Waals surface area contributed by atoms with Gasteiger partial charge in [-0.2, -0.15) is 0 Å². The zero-order valence-electron chi connectivity index (χ0n) is 14.5.